The summed E-state index contributed by atoms with van der Waals surface area (Å²) in [5, 5.41) is 12.0. The van der Waals surface area contributed by atoms with Crippen molar-refractivity contribution in [3.8, 4) is 11.5 Å². The highest BCUT2D eigenvalue weighted by Crippen LogP contribution is 2.66. The number of fused-ring (bicyclic) bond motifs is 5. The van der Waals surface area contributed by atoms with E-state index < -0.39 is 0 Å². The molecule has 1 aromatic rings. The van der Waals surface area contributed by atoms with Crippen LogP contribution in [0.3, 0.4) is 0 Å². The van der Waals surface area contributed by atoms with E-state index in [0.29, 0.717) is 23.9 Å². The van der Waals surface area contributed by atoms with E-state index in [1.807, 2.05) is 0 Å². The fourth-order valence-electron chi connectivity index (χ4n) is 12.4. The van der Waals surface area contributed by atoms with E-state index in [1.54, 1.807) is 12.7 Å². The second-order valence-electron chi connectivity index (χ2n) is 17.7. The number of hydrogen-bond donors (Lipinski definition) is 1. The smallest absolute Gasteiger partial charge is 0.161 e. The number of methoxy groups -OCH3 is 1. The average Bonchev–Trinajstić information content (AvgIpc) is 3.68. The van der Waals surface area contributed by atoms with Crippen molar-refractivity contribution < 1.29 is 23.5 Å². The lowest BCUT2D eigenvalue weighted by molar-refractivity contribution is -0.936. The Kier molecular flexibility index (Phi) is 10.0. The number of hydrogen-bond acceptors (Lipinski definition) is 3. The molecule has 0 bridgehead atoms. The molecule has 7 rings (SSSR count). The van der Waals surface area contributed by atoms with Gasteiger partial charge >= 0.3 is 0 Å². The largest absolute Gasteiger partial charge is 0.493 e. The summed E-state index contributed by atoms with van der Waals surface area (Å²) in [5.74, 6) is 3.51. The molecule has 5 fully saturated rings. The van der Waals surface area contributed by atoms with Crippen LogP contribution in [-0.4, -0.2) is 85.7 Å². The van der Waals surface area contributed by atoms with Crippen molar-refractivity contribution in [2.45, 2.75) is 103 Å². The summed E-state index contributed by atoms with van der Waals surface area (Å²) in [4.78, 5) is 0. The molecule has 5 heteroatoms. The Hall–Kier alpha value is -2.34. The van der Waals surface area contributed by atoms with Gasteiger partial charge in [0.25, 0.3) is 0 Å². The number of aliphatic hydroxyl groups is 1. The van der Waals surface area contributed by atoms with E-state index in [2.05, 4.69) is 69.5 Å². The average molecular weight is 671 g/mol. The van der Waals surface area contributed by atoms with Gasteiger partial charge in [0.15, 0.2) is 11.5 Å². The van der Waals surface area contributed by atoms with Crippen LogP contribution in [0.15, 0.2) is 60.7 Å². The molecule has 0 amide bonds. The van der Waals surface area contributed by atoms with Crippen LogP contribution in [0.2, 0.25) is 0 Å². The minimum absolute atomic E-state index is 0.0490. The Morgan fingerprint density at radius 2 is 1.65 bits per heavy atom. The first kappa shape index (κ1) is 35.1. The lowest BCUT2D eigenvalue weighted by atomic mass is 9.47. The van der Waals surface area contributed by atoms with Gasteiger partial charge in [0.2, 0.25) is 0 Å². The summed E-state index contributed by atoms with van der Waals surface area (Å²) in [6.07, 6.45) is 24.1. The highest BCUT2D eigenvalue weighted by atomic mass is 16.5. The first-order chi connectivity index (χ1) is 23.7. The number of ether oxygens (including phenoxy) is 2. The van der Waals surface area contributed by atoms with Crippen LogP contribution in [0.5, 0.6) is 11.5 Å². The van der Waals surface area contributed by atoms with Gasteiger partial charge in [-0.2, -0.15) is 0 Å². The summed E-state index contributed by atoms with van der Waals surface area (Å²) >= 11 is 0. The van der Waals surface area contributed by atoms with Crippen molar-refractivity contribution in [2.75, 3.05) is 59.5 Å². The standard InChI is InChI=1S/C44H66N2O3/c1-6-21-45(23-9-8-10-24-45)27-28-49-40-16-13-33(30-41(40)48-5)29-34-31-39-37-15-14-35-32-36(46(22-7-2)25-11-12-26-46)17-19-43(35,3)38(37)18-20-44(39,4)42(34)47/h6-7,13-14,16,29-30,36-39,42,47H,1-2,8-12,15,17-28,31-32H2,3-5H3/q+2/b34-29+/t36-,37+,38-,39-,42-,43-,44-/m0/s1. The van der Waals surface area contributed by atoms with Crippen LogP contribution < -0.4 is 9.47 Å². The summed E-state index contributed by atoms with van der Waals surface area (Å²) in [7, 11) is 1.74. The Labute approximate surface area is 297 Å². The van der Waals surface area contributed by atoms with Crippen molar-refractivity contribution >= 4 is 6.08 Å². The fourth-order valence-corrected chi connectivity index (χ4v) is 12.4. The summed E-state index contributed by atoms with van der Waals surface area (Å²) < 4.78 is 14.6. The number of allylic oxidation sites excluding steroid dienone is 1. The van der Waals surface area contributed by atoms with Gasteiger partial charge in [-0.05, 0) is 110 Å². The van der Waals surface area contributed by atoms with Gasteiger partial charge in [-0.15, -0.1) is 0 Å². The summed E-state index contributed by atoms with van der Waals surface area (Å²) in [6.45, 7) is 22.2. The number of quaternary nitrogens is 2. The van der Waals surface area contributed by atoms with Crippen LogP contribution >= 0.6 is 0 Å². The normalized spacial score (nSPS) is 37.0. The molecule has 4 aliphatic carbocycles. The first-order valence-electron chi connectivity index (χ1n) is 20.0. The molecule has 2 saturated heterocycles. The number of likely N-dealkylation sites (tertiary alicyclic amines) is 2. The first-order valence-corrected chi connectivity index (χ1v) is 20.0. The minimum Gasteiger partial charge on any atom is -0.493 e. The van der Waals surface area contributed by atoms with Crippen molar-refractivity contribution in [1.29, 1.82) is 0 Å². The predicted octanol–water partition coefficient (Wildman–Crippen LogP) is 8.74. The Balaban J connectivity index is 1.05. The zero-order chi connectivity index (χ0) is 34.3. The minimum atomic E-state index is -0.387. The second-order valence-corrected chi connectivity index (χ2v) is 17.7. The molecule has 2 aliphatic heterocycles. The highest BCUT2D eigenvalue weighted by Gasteiger charge is 2.60. The third-order valence-corrected chi connectivity index (χ3v) is 15.3. The Morgan fingerprint density at radius 3 is 2.39 bits per heavy atom. The Bertz CT molecular complexity index is 1430. The maximum absolute atomic E-state index is 12.0. The van der Waals surface area contributed by atoms with Gasteiger partial charge < -0.3 is 23.5 Å². The number of aliphatic hydroxyl groups excluding tert-OH is 1. The lowest BCUT2D eigenvalue weighted by Gasteiger charge is -2.58. The summed E-state index contributed by atoms with van der Waals surface area (Å²) in [5.41, 5.74) is 4.35. The zero-order valence-electron chi connectivity index (χ0n) is 31.1. The maximum atomic E-state index is 12.0. The van der Waals surface area contributed by atoms with Crippen LogP contribution in [0.4, 0.5) is 0 Å². The molecular formula is C44H66N2O3+2. The highest BCUT2D eigenvalue weighted by molar-refractivity contribution is 5.60. The van der Waals surface area contributed by atoms with Crippen LogP contribution in [0, 0.1) is 28.6 Å². The number of nitrogens with zero attached hydrogens (tertiary/aromatic N) is 2. The second kappa shape index (κ2) is 14.0. The zero-order valence-corrected chi connectivity index (χ0v) is 31.1. The Morgan fingerprint density at radius 1 is 0.898 bits per heavy atom. The molecule has 5 nitrogen and oxygen atoms in total. The van der Waals surface area contributed by atoms with E-state index >= 15 is 0 Å². The fraction of sp³-hybridized carbons (Fsp3) is 0.682. The number of piperidine rings is 1. The van der Waals surface area contributed by atoms with Gasteiger partial charge in [-0.25, -0.2) is 0 Å². The number of rotatable bonds is 11. The third kappa shape index (κ3) is 6.29. The quantitative estimate of drug-likeness (QED) is 0.189. The molecule has 2 heterocycles. The molecule has 0 aromatic heterocycles. The molecule has 3 saturated carbocycles. The summed E-state index contributed by atoms with van der Waals surface area (Å²) in [6, 6.07) is 7.09. The van der Waals surface area contributed by atoms with Crippen molar-refractivity contribution in [3.05, 3.63) is 66.3 Å². The lowest BCUT2D eigenvalue weighted by Crippen LogP contribution is -2.58. The van der Waals surface area contributed by atoms with Gasteiger partial charge in [-0.3, -0.25) is 0 Å². The predicted molar refractivity (Wildman–Crippen MR) is 201 cm³/mol. The van der Waals surface area contributed by atoms with Crippen molar-refractivity contribution in [3.63, 3.8) is 0 Å². The molecule has 0 radical (unpaired) electrons. The third-order valence-electron chi connectivity index (χ3n) is 15.3. The maximum Gasteiger partial charge on any atom is 0.161 e. The molecular weight excluding hydrogens is 604 g/mol. The van der Waals surface area contributed by atoms with Gasteiger partial charge in [0, 0.05) is 31.1 Å². The van der Waals surface area contributed by atoms with Gasteiger partial charge in [0.1, 0.15) is 13.2 Å². The van der Waals surface area contributed by atoms with Crippen molar-refractivity contribution in [2.24, 2.45) is 28.6 Å². The molecule has 1 N–H and O–H groups in total. The van der Waals surface area contributed by atoms with Crippen LogP contribution in [0.1, 0.15) is 96.5 Å². The van der Waals surface area contributed by atoms with Crippen LogP contribution in [-0.2, 0) is 0 Å². The van der Waals surface area contributed by atoms with Gasteiger partial charge in [0.05, 0.1) is 58.5 Å². The molecule has 6 aliphatic rings. The molecule has 268 valence electrons. The van der Waals surface area contributed by atoms with Crippen LogP contribution in [0.25, 0.3) is 6.08 Å². The monoisotopic (exact) mass is 671 g/mol. The molecule has 7 atom stereocenters. The SMILES string of the molecule is C=CC[N+]1(CCOc2ccc(/C=C3\C[C@H]4[C@@H]5CC=C6C[C@@H]([N+]7(CC=C)CCCC7)CC[C@]6(C)[C@H]5CC[C@]4(C)[C@H]3O)cc2OC)CCCCC1. The molecule has 1 aromatic carbocycles. The molecule has 49 heavy (non-hydrogen) atoms. The van der Waals surface area contributed by atoms with Crippen molar-refractivity contribution in [1.82, 2.24) is 0 Å². The van der Waals surface area contributed by atoms with E-state index in [0.717, 1.165) is 66.0 Å². The van der Waals surface area contributed by atoms with E-state index in [4.69, 9.17) is 9.47 Å². The molecule has 0 spiro atoms. The topological polar surface area (TPSA) is 38.7 Å². The number of benzene rings is 1. The molecule has 0 unspecified atom stereocenters. The van der Waals surface area contributed by atoms with E-state index in [9.17, 15) is 5.11 Å². The van der Waals surface area contributed by atoms with E-state index in [-0.39, 0.29) is 11.5 Å². The van der Waals surface area contributed by atoms with Gasteiger partial charge in [-0.1, -0.05) is 50.8 Å². The van der Waals surface area contributed by atoms with E-state index in [1.165, 1.54) is 100 Å².